The number of hydrogen-bond acceptors (Lipinski definition) is 5. The Morgan fingerprint density at radius 1 is 1.25 bits per heavy atom. The van der Waals surface area contributed by atoms with Gasteiger partial charge in [-0.05, 0) is 61.2 Å². The monoisotopic (exact) mass is 447 g/mol. The molecule has 1 aliphatic rings. The van der Waals surface area contributed by atoms with Gasteiger partial charge in [-0.15, -0.1) is 6.58 Å². The maximum atomic E-state index is 13.5. The Labute approximate surface area is 192 Å². The fraction of sp³-hybridized carbons (Fsp3) is 0.240. The molecule has 0 saturated carbocycles. The molecule has 7 heteroatoms. The Morgan fingerprint density at radius 3 is 2.56 bits per heavy atom. The highest BCUT2D eigenvalue weighted by molar-refractivity contribution is 8.05. The van der Waals surface area contributed by atoms with E-state index >= 15 is 0 Å². The second-order valence-electron chi connectivity index (χ2n) is 7.39. The zero-order valence-electron chi connectivity index (χ0n) is 18.3. The first-order valence-electron chi connectivity index (χ1n) is 10.1. The predicted octanol–water partition coefficient (Wildman–Crippen LogP) is 4.04. The van der Waals surface area contributed by atoms with Crippen LogP contribution in [-0.4, -0.2) is 30.7 Å². The van der Waals surface area contributed by atoms with Gasteiger partial charge in [-0.25, -0.2) is 0 Å². The number of amides is 2. The molecule has 2 aromatic rings. The largest absolute Gasteiger partial charge is 0.497 e. The smallest absolute Gasteiger partial charge is 0.264 e. The minimum Gasteiger partial charge on any atom is -0.497 e. The van der Waals surface area contributed by atoms with Crippen LogP contribution in [0.15, 0.2) is 65.7 Å². The Kier molecular flexibility index (Phi) is 7.39. The Balaban J connectivity index is 2.02. The van der Waals surface area contributed by atoms with Crippen LogP contribution in [0, 0.1) is 25.2 Å². The van der Waals surface area contributed by atoms with E-state index in [1.807, 2.05) is 32.0 Å². The van der Waals surface area contributed by atoms with Crippen molar-refractivity contribution in [3.63, 3.8) is 0 Å². The lowest BCUT2D eigenvalue weighted by molar-refractivity contribution is -0.117. The van der Waals surface area contributed by atoms with E-state index in [9.17, 15) is 14.9 Å². The van der Waals surface area contributed by atoms with Crippen molar-refractivity contribution in [3.8, 4) is 11.8 Å². The number of rotatable bonds is 7. The maximum Gasteiger partial charge on any atom is 0.264 e. The Hall–Kier alpha value is -3.50. The molecule has 1 saturated heterocycles. The van der Waals surface area contributed by atoms with E-state index in [1.165, 1.54) is 28.3 Å². The summed E-state index contributed by atoms with van der Waals surface area (Å²) in [6.45, 7) is 7.89. The first-order valence-corrected chi connectivity index (χ1v) is 11.0. The quantitative estimate of drug-likeness (QED) is 0.394. The third-order valence-electron chi connectivity index (χ3n) is 5.24. The lowest BCUT2D eigenvalue weighted by atomic mass is 10.0. The number of carbonyl (C=O) groups is 2. The van der Waals surface area contributed by atoms with Crippen molar-refractivity contribution in [3.05, 3.63) is 82.4 Å². The lowest BCUT2D eigenvalue weighted by Crippen LogP contribution is -2.32. The number of anilines is 1. The van der Waals surface area contributed by atoms with Gasteiger partial charge in [0.1, 0.15) is 22.4 Å². The van der Waals surface area contributed by atoms with Gasteiger partial charge >= 0.3 is 0 Å². The van der Waals surface area contributed by atoms with Gasteiger partial charge in [0.2, 0.25) is 5.91 Å². The first-order chi connectivity index (χ1) is 15.4. The minimum absolute atomic E-state index is 0.0939. The van der Waals surface area contributed by atoms with Gasteiger partial charge in [-0.2, -0.15) is 5.26 Å². The molecule has 1 atom stereocenters. The molecule has 0 bridgehead atoms. The Bertz CT molecular complexity index is 1120. The second-order valence-corrected chi connectivity index (χ2v) is 8.58. The van der Waals surface area contributed by atoms with Crippen LogP contribution in [0.2, 0.25) is 0 Å². The van der Waals surface area contributed by atoms with Crippen molar-refractivity contribution in [1.82, 2.24) is 5.32 Å². The molecular weight excluding hydrogens is 422 g/mol. The highest BCUT2D eigenvalue weighted by atomic mass is 32.2. The number of methoxy groups -OCH3 is 1. The molecule has 32 heavy (non-hydrogen) atoms. The molecule has 164 valence electrons. The van der Waals surface area contributed by atoms with Crippen LogP contribution >= 0.6 is 11.8 Å². The van der Waals surface area contributed by atoms with Crippen LogP contribution in [0.4, 0.5) is 5.69 Å². The number of ether oxygens (including phenoxy) is 1. The molecule has 2 aromatic carbocycles. The number of nitriles is 1. The first kappa shape index (κ1) is 23.2. The van der Waals surface area contributed by atoms with Crippen molar-refractivity contribution in [2.75, 3.05) is 18.6 Å². The zero-order valence-corrected chi connectivity index (χ0v) is 19.2. The maximum absolute atomic E-state index is 13.5. The van der Waals surface area contributed by atoms with Gasteiger partial charge in [0, 0.05) is 12.2 Å². The average molecular weight is 448 g/mol. The van der Waals surface area contributed by atoms with E-state index in [0.717, 1.165) is 11.1 Å². The van der Waals surface area contributed by atoms with E-state index in [2.05, 4.69) is 18.0 Å². The number of carbonyl (C=O) groups excluding carboxylic acids is 2. The molecule has 2 amide bonds. The number of aryl methyl sites for hydroxylation is 2. The topological polar surface area (TPSA) is 82.4 Å². The summed E-state index contributed by atoms with van der Waals surface area (Å²) in [6, 6.07) is 15.1. The summed E-state index contributed by atoms with van der Waals surface area (Å²) in [6.07, 6.45) is 2.03. The van der Waals surface area contributed by atoms with Crippen molar-refractivity contribution in [2.45, 2.75) is 25.5 Å². The molecule has 1 unspecified atom stereocenters. The summed E-state index contributed by atoms with van der Waals surface area (Å²) in [5.74, 6) is -0.0554. The minimum atomic E-state index is -0.534. The standard InChI is InChI=1S/C25H25N3O3S/c1-5-12-27-23(29)21(15-26)25-28(19-8-10-20(31-4)11-9-19)24(30)22(32-25)14-18-7-6-16(2)17(3)13-18/h5-11,13,22H,1,12,14H2,2-4H3,(H,27,29)/b25-21-. The number of benzene rings is 2. The summed E-state index contributed by atoms with van der Waals surface area (Å²) in [4.78, 5) is 27.6. The molecule has 1 N–H and O–H groups in total. The number of nitrogens with zero attached hydrogens (tertiary/aromatic N) is 2. The zero-order chi connectivity index (χ0) is 23.3. The molecule has 1 aliphatic heterocycles. The van der Waals surface area contributed by atoms with Crippen molar-refractivity contribution < 1.29 is 14.3 Å². The summed E-state index contributed by atoms with van der Waals surface area (Å²) in [5.41, 5.74) is 3.85. The molecule has 3 rings (SSSR count). The third kappa shape index (κ3) is 4.87. The SMILES string of the molecule is C=CCNC(=O)/C(C#N)=C1\SC(Cc2ccc(C)c(C)c2)C(=O)N1c1ccc(OC)cc1. The van der Waals surface area contributed by atoms with Crippen LogP contribution in [0.25, 0.3) is 0 Å². The van der Waals surface area contributed by atoms with E-state index in [1.54, 1.807) is 31.4 Å². The van der Waals surface area contributed by atoms with Gasteiger partial charge in [0.05, 0.1) is 12.4 Å². The van der Waals surface area contributed by atoms with Crippen molar-refractivity contribution in [2.24, 2.45) is 0 Å². The molecule has 1 fully saturated rings. The van der Waals surface area contributed by atoms with Crippen LogP contribution < -0.4 is 15.0 Å². The van der Waals surface area contributed by atoms with E-state index in [4.69, 9.17) is 4.74 Å². The molecule has 0 spiro atoms. The molecule has 0 aliphatic carbocycles. The molecule has 1 heterocycles. The Morgan fingerprint density at radius 2 is 1.97 bits per heavy atom. The van der Waals surface area contributed by atoms with Crippen LogP contribution in [0.5, 0.6) is 5.75 Å². The number of hydrogen-bond donors (Lipinski definition) is 1. The van der Waals surface area contributed by atoms with E-state index < -0.39 is 11.2 Å². The number of nitrogens with one attached hydrogen (secondary N) is 1. The van der Waals surface area contributed by atoms with Crippen molar-refractivity contribution in [1.29, 1.82) is 5.26 Å². The summed E-state index contributed by atoms with van der Waals surface area (Å²) >= 11 is 1.25. The highest BCUT2D eigenvalue weighted by Gasteiger charge is 2.40. The van der Waals surface area contributed by atoms with E-state index in [-0.39, 0.29) is 18.0 Å². The van der Waals surface area contributed by atoms with Gasteiger partial charge < -0.3 is 10.1 Å². The summed E-state index contributed by atoms with van der Waals surface area (Å²) in [5, 5.41) is 12.3. The fourth-order valence-corrected chi connectivity index (χ4v) is 4.66. The molecule has 6 nitrogen and oxygen atoms in total. The van der Waals surface area contributed by atoms with Gasteiger partial charge in [-0.1, -0.05) is 36.0 Å². The van der Waals surface area contributed by atoms with Crippen LogP contribution in [0.1, 0.15) is 16.7 Å². The van der Waals surface area contributed by atoms with Gasteiger partial charge in [0.15, 0.2) is 0 Å². The molecule has 0 aromatic heterocycles. The van der Waals surface area contributed by atoms with Gasteiger partial charge in [-0.3, -0.25) is 14.5 Å². The average Bonchev–Trinajstić information content (AvgIpc) is 3.10. The lowest BCUT2D eigenvalue weighted by Gasteiger charge is -2.19. The van der Waals surface area contributed by atoms with E-state index in [0.29, 0.717) is 22.9 Å². The summed E-state index contributed by atoms with van der Waals surface area (Å²) < 4.78 is 5.21. The number of thioether (sulfide) groups is 1. The molecular formula is C25H25N3O3S. The van der Waals surface area contributed by atoms with Crippen LogP contribution in [0.3, 0.4) is 0 Å². The highest BCUT2D eigenvalue weighted by Crippen LogP contribution is 2.42. The van der Waals surface area contributed by atoms with Crippen LogP contribution in [-0.2, 0) is 16.0 Å². The third-order valence-corrected chi connectivity index (χ3v) is 6.50. The summed E-state index contributed by atoms with van der Waals surface area (Å²) in [7, 11) is 1.56. The molecule has 0 radical (unpaired) electrons. The fourth-order valence-electron chi connectivity index (χ4n) is 3.35. The van der Waals surface area contributed by atoms with Crippen molar-refractivity contribution >= 4 is 29.3 Å². The van der Waals surface area contributed by atoms with Gasteiger partial charge in [0.25, 0.3) is 5.91 Å². The second kappa shape index (κ2) is 10.2. The predicted molar refractivity (Wildman–Crippen MR) is 127 cm³/mol. The normalized spacial score (nSPS) is 17.0.